The first-order valence-corrected chi connectivity index (χ1v) is 7.37. The summed E-state index contributed by atoms with van der Waals surface area (Å²) in [7, 11) is 1.68. The highest BCUT2D eigenvalue weighted by Gasteiger charge is 2.11. The molecule has 3 aromatic rings. The van der Waals surface area contributed by atoms with Crippen LogP contribution in [-0.4, -0.2) is 40.5 Å². The first-order valence-electron chi connectivity index (χ1n) is 7.37. The standard InChI is InChI=1S/C15H20N4O3/c1-11(16-5-8-21-2)3-6-19-15(20)13-9-14-12(4-7-22-14)18(13)10-17-19/h4,7,9-11,16H,3,5-6,8H2,1-2H3. The van der Waals surface area contributed by atoms with Crippen molar-refractivity contribution < 1.29 is 9.15 Å². The van der Waals surface area contributed by atoms with Crippen LogP contribution in [0.15, 0.2) is 33.9 Å². The summed E-state index contributed by atoms with van der Waals surface area (Å²) in [5.41, 5.74) is 2.05. The summed E-state index contributed by atoms with van der Waals surface area (Å²) >= 11 is 0. The van der Waals surface area contributed by atoms with Crippen molar-refractivity contribution in [2.24, 2.45) is 0 Å². The number of nitrogens with zero attached hydrogens (tertiary/aromatic N) is 3. The second-order valence-electron chi connectivity index (χ2n) is 5.37. The topological polar surface area (TPSA) is 73.7 Å². The molecule has 7 nitrogen and oxygen atoms in total. The smallest absolute Gasteiger partial charge is 0.291 e. The lowest BCUT2D eigenvalue weighted by molar-refractivity contribution is 0.195. The van der Waals surface area contributed by atoms with Crippen molar-refractivity contribution in [3.05, 3.63) is 35.1 Å². The van der Waals surface area contributed by atoms with Crippen LogP contribution >= 0.6 is 0 Å². The van der Waals surface area contributed by atoms with Gasteiger partial charge < -0.3 is 14.5 Å². The molecule has 7 heteroatoms. The van der Waals surface area contributed by atoms with Gasteiger partial charge in [0.1, 0.15) is 11.8 Å². The molecule has 0 amide bonds. The SMILES string of the molecule is COCCNC(C)CCn1ncn2c(cc3occc32)c1=O. The Labute approximate surface area is 127 Å². The van der Waals surface area contributed by atoms with Gasteiger partial charge in [-0.05, 0) is 13.3 Å². The molecule has 0 fully saturated rings. The molecule has 0 aliphatic carbocycles. The minimum atomic E-state index is -0.0991. The molecule has 3 rings (SSSR count). The average molecular weight is 304 g/mol. The second kappa shape index (κ2) is 6.33. The second-order valence-corrected chi connectivity index (χ2v) is 5.37. The Morgan fingerprint density at radius 1 is 1.45 bits per heavy atom. The van der Waals surface area contributed by atoms with Crippen molar-refractivity contribution in [2.45, 2.75) is 25.9 Å². The van der Waals surface area contributed by atoms with Gasteiger partial charge in [0.15, 0.2) is 5.58 Å². The zero-order valence-corrected chi connectivity index (χ0v) is 12.8. The number of ether oxygens (including phenoxy) is 1. The van der Waals surface area contributed by atoms with Gasteiger partial charge in [-0.1, -0.05) is 0 Å². The van der Waals surface area contributed by atoms with E-state index in [1.807, 2.05) is 6.07 Å². The third kappa shape index (κ3) is 2.77. The van der Waals surface area contributed by atoms with Crippen LogP contribution in [-0.2, 0) is 11.3 Å². The zero-order valence-electron chi connectivity index (χ0n) is 12.8. The molecule has 1 N–H and O–H groups in total. The molecule has 0 aliphatic rings. The fourth-order valence-corrected chi connectivity index (χ4v) is 2.52. The normalized spacial score (nSPS) is 13.2. The van der Waals surface area contributed by atoms with E-state index < -0.39 is 0 Å². The maximum absolute atomic E-state index is 12.5. The van der Waals surface area contributed by atoms with Gasteiger partial charge in [0.2, 0.25) is 0 Å². The van der Waals surface area contributed by atoms with E-state index in [1.54, 1.807) is 30.2 Å². The van der Waals surface area contributed by atoms with Gasteiger partial charge in [-0.15, -0.1) is 0 Å². The highest BCUT2D eigenvalue weighted by molar-refractivity contribution is 5.81. The minimum Gasteiger partial charge on any atom is -0.463 e. The van der Waals surface area contributed by atoms with E-state index in [-0.39, 0.29) is 5.56 Å². The van der Waals surface area contributed by atoms with Crippen LogP contribution in [0.4, 0.5) is 0 Å². The van der Waals surface area contributed by atoms with Crippen molar-refractivity contribution in [3.63, 3.8) is 0 Å². The fraction of sp³-hybridized carbons (Fsp3) is 0.467. The quantitative estimate of drug-likeness (QED) is 0.665. The van der Waals surface area contributed by atoms with Crippen LogP contribution in [0.25, 0.3) is 16.6 Å². The molecule has 0 aromatic carbocycles. The largest absolute Gasteiger partial charge is 0.463 e. The Hall–Kier alpha value is -2.12. The van der Waals surface area contributed by atoms with E-state index in [4.69, 9.17) is 9.15 Å². The Morgan fingerprint density at radius 2 is 2.32 bits per heavy atom. The highest BCUT2D eigenvalue weighted by atomic mass is 16.5. The Morgan fingerprint density at radius 3 is 3.14 bits per heavy atom. The van der Waals surface area contributed by atoms with Gasteiger partial charge in [0, 0.05) is 38.4 Å². The van der Waals surface area contributed by atoms with E-state index in [0.717, 1.165) is 18.5 Å². The zero-order chi connectivity index (χ0) is 15.5. The number of furan rings is 1. The minimum absolute atomic E-state index is 0.0991. The van der Waals surface area contributed by atoms with Crippen molar-refractivity contribution in [2.75, 3.05) is 20.3 Å². The van der Waals surface area contributed by atoms with Gasteiger partial charge in [-0.2, -0.15) is 5.10 Å². The molecule has 0 bridgehead atoms. The maximum atomic E-state index is 12.5. The number of rotatable bonds is 7. The molecular weight excluding hydrogens is 284 g/mol. The summed E-state index contributed by atoms with van der Waals surface area (Å²) in [5.74, 6) is 0. The number of fused-ring (bicyclic) bond motifs is 3. The van der Waals surface area contributed by atoms with E-state index in [0.29, 0.717) is 30.3 Å². The lowest BCUT2D eigenvalue weighted by Gasteiger charge is -2.13. The van der Waals surface area contributed by atoms with E-state index in [2.05, 4.69) is 17.3 Å². The molecule has 118 valence electrons. The molecule has 3 heterocycles. The number of hydrogen-bond donors (Lipinski definition) is 1. The molecule has 0 aliphatic heterocycles. The third-order valence-electron chi connectivity index (χ3n) is 3.79. The number of methoxy groups -OCH3 is 1. The fourth-order valence-electron chi connectivity index (χ4n) is 2.52. The molecular formula is C15H20N4O3. The molecule has 0 radical (unpaired) electrons. The van der Waals surface area contributed by atoms with Gasteiger partial charge >= 0.3 is 0 Å². The molecule has 22 heavy (non-hydrogen) atoms. The van der Waals surface area contributed by atoms with Crippen LogP contribution in [0, 0.1) is 0 Å². The summed E-state index contributed by atoms with van der Waals surface area (Å²) in [5, 5.41) is 7.59. The van der Waals surface area contributed by atoms with Crippen molar-refractivity contribution >= 4 is 16.6 Å². The van der Waals surface area contributed by atoms with E-state index in [9.17, 15) is 4.79 Å². The average Bonchev–Trinajstić information content (AvgIpc) is 3.08. The maximum Gasteiger partial charge on any atom is 0.291 e. The predicted molar refractivity (Wildman–Crippen MR) is 83.2 cm³/mol. The summed E-state index contributed by atoms with van der Waals surface area (Å²) in [6.07, 6.45) is 4.09. The molecule has 1 atom stereocenters. The third-order valence-corrected chi connectivity index (χ3v) is 3.79. The van der Waals surface area contributed by atoms with Crippen LogP contribution in [0.3, 0.4) is 0 Å². The summed E-state index contributed by atoms with van der Waals surface area (Å²) in [4.78, 5) is 12.5. The first-order chi connectivity index (χ1) is 10.7. The lowest BCUT2D eigenvalue weighted by atomic mass is 10.2. The summed E-state index contributed by atoms with van der Waals surface area (Å²) in [6.45, 7) is 4.14. The van der Waals surface area contributed by atoms with Crippen LogP contribution in [0.2, 0.25) is 0 Å². The number of hydrogen-bond acceptors (Lipinski definition) is 5. The number of aryl methyl sites for hydroxylation is 1. The Kier molecular flexibility index (Phi) is 4.26. The van der Waals surface area contributed by atoms with E-state index in [1.165, 1.54) is 4.68 Å². The van der Waals surface area contributed by atoms with Crippen LogP contribution in [0.1, 0.15) is 13.3 Å². The van der Waals surface area contributed by atoms with Crippen LogP contribution < -0.4 is 10.9 Å². The van der Waals surface area contributed by atoms with Crippen molar-refractivity contribution in [1.82, 2.24) is 19.5 Å². The van der Waals surface area contributed by atoms with Gasteiger partial charge in [-0.3, -0.25) is 9.20 Å². The Bertz CT molecular complexity index is 817. The van der Waals surface area contributed by atoms with Crippen LogP contribution in [0.5, 0.6) is 0 Å². The molecule has 0 saturated carbocycles. The molecule has 0 saturated heterocycles. The van der Waals surface area contributed by atoms with Gasteiger partial charge in [0.05, 0.1) is 18.4 Å². The Balaban J connectivity index is 1.74. The summed E-state index contributed by atoms with van der Waals surface area (Å²) < 4.78 is 13.6. The van der Waals surface area contributed by atoms with Crippen molar-refractivity contribution in [3.8, 4) is 0 Å². The van der Waals surface area contributed by atoms with E-state index >= 15 is 0 Å². The van der Waals surface area contributed by atoms with Gasteiger partial charge in [-0.25, -0.2) is 4.68 Å². The van der Waals surface area contributed by atoms with Gasteiger partial charge in [0.25, 0.3) is 5.56 Å². The number of nitrogens with one attached hydrogen (secondary N) is 1. The monoisotopic (exact) mass is 304 g/mol. The summed E-state index contributed by atoms with van der Waals surface area (Å²) in [6, 6.07) is 3.88. The first kappa shape index (κ1) is 14.8. The molecule has 1 unspecified atom stereocenters. The highest BCUT2D eigenvalue weighted by Crippen LogP contribution is 2.18. The lowest BCUT2D eigenvalue weighted by Crippen LogP contribution is -2.32. The van der Waals surface area contributed by atoms with Crippen molar-refractivity contribution in [1.29, 1.82) is 0 Å². The predicted octanol–water partition coefficient (Wildman–Crippen LogP) is 1.26. The molecule has 0 spiro atoms. The number of aromatic nitrogens is 3. The molecule has 3 aromatic heterocycles.